The lowest BCUT2D eigenvalue weighted by Gasteiger charge is -2.09. The van der Waals surface area contributed by atoms with E-state index in [1.54, 1.807) is 12.1 Å². The first-order valence-electron chi connectivity index (χ1n) is 6.24. The largest absolute Gasteiger partial charge is 0.490 e. The van der Waals surface area contributed by atoms with Gasteiger partial charge >= 0.3 is 0 Å². The Morgan fingerprint density at radius 1 is 1.40 bits per heavy atom. The van der Waals surface area contributed by atoms with E-state index in [2.05, 4.69) is 5.10 Å². The van der Waals surface area contributed by atoms with Gasteiger partial charge < -0.3 is 10.5 Å². The van der Waals surface area contributed by atoms with E-state index in [1.807, 2.05) is 6.92 Å². The molecule has 0 saturated carbocycles. The van der Waals surface area contributed by atoms with Crippen molar-refractivity contribution in [3.8, 4) is 5.75 Å². The maximum atomic E-state index is 12.8. The predicted octanol–water partition coefficient (Wildman–Crippen LogP) is 1.16. The summed E-state index contributed by atoms with van der Waals surface area (Å²) in [7, 11) is 0. The van der Waals surface area contributed by atoms with Crippen LogP contribution in [0.3, 0.4) is 0 Å². The van der Waals surface area contributed by atoms with Crippen LogP contribution in [0.4, 0.5) is 4.39 Å². The Bertz CT molecular complexity index is 623. The highest BCUT2D eigenvalue weighted by Crippen LogP contribution is 2.06. The lowest BCUT2D eigenvalue weighted by Crippen LogP contribution is -2.26. The second-order valence-corrected chi connectivity index (χ2v) is 4.60. The minimum Gasteiger partial charge on any atom is -0.490 e. The molecule has 1 heterocycles. The summed E-state index contributed by atoms with van der Waals surface area (Å²) in [5, 5.41) is 4.02. The standard InChI is InChI=1S/C14H16FN3O2/c1-10(16)9-20-13-6-14(19)18(17-7-13)8-11-2-4-12(15)5-3-11/h2-7,10H,8-9,16H2,1H3. The highest BCUT2D eigenvalue weighted by atomic mass is 19.1. The van der Waals surface area contributed by atoms with Crippen LogP contribution in [-0.2, 0) is 6.54 Å². The number of aromatic nitrogens is 2. The second-order valence-electron chi connectivity index (χ2n) is 4.60. The third kappa shape index (κ3) is 3.89. The van der Waals surface area contributed by atoms with Crippen LogP contribution in [0.15, 0.2) is 41.3 Å². The summed E-state index contributed by atoms with van der Waals surface area (Å²) in [5.74, 6) is 0.0800. The van der Waals surface area contributed by atoms with Gasteiger partial charge in [0, 0.05) is 12.1 Å². The molecule has 0 saturated heterocycles. The normalized spacial score (nSPS) is 12.2. The van der Waals surface area contributed by atoms with Crippen molar-refractivity contribution in [2.24, 2.45) is 5.73 Å². The highest BCUT2D eigenvalue weighted by Gasteiger charge is 2.03. The van der Waals surface area contributed by atoms with E-state index < -0.39 is 0 Å². The molecule has 2 N–H and O–H groups in total. The van der Waals surface area contributed by atoms with Gasteiger partial charge in [0.25, 0.3) is 5.56 Å². The summed E-state index contributed by atoms with van der Waals surface area (Å²) in [6.07, 6.45) is 1.47. The number of ether oxygens (including phenoxy) is 1. The first-order valence-corrected chi connectivity index (χ1v) is 6.24. The van der Waals surface area contributed by atoms with Crippen LogP contribution in [0.2, 0.25) is 0 Å². The molecule has 0 radical (unpaired) electrons. The minimum atomic E-state index is -0.311. The highest BCUT2D eigenvalue weighted by molar-refractivity contribution is 5.18. The Morgan fingerprint density at radius 2 is 2.10 bits per heavy atom. The molecule has 0 amide bonds. The SMILES string of the molecule is CC(N)COc1cnn(Cc2ccc(F)cc2)c(=O)c1. The van der Waals surface area contributed by atoms with Crippen molar-refractivity contribution in [2.75, 3.05) is 6.61 Å². The van der Waals surface area contributed by atoms with Crippen LogP contribution < -0.4 is 16.0 Å². The Kier molecular flexibility index (Phi) is 4.47. The van der Waals surface area contributed by atoms with Crippen LogP contribution in [0.1, 0.15) is 12.5 Å². The fourth-order valence-corrected chi connectivity index (χ4v) is 1.61. The van der Waals surface area contributed by atoms with Crippen LogP contribution in [0.5, 0.6) is 5.75 Å². The van der Waals surface area contributed by atoms with Gasteiger partial charge in [-0.05, 0) is 24.6 Å². The summed E-state index contributed by atoms with van der Waals surface area (Å²) in [6.45, 7) is 2.42. The summed E-state index contributed by atoms with van der Waals surface area (Å²) in [6, 6.07) is 7.17. The van der Waals surface area contributed by atoms with E-state index in [-0.39, 0.29) is 24.0 Å². The molecular formula is C14H16FN3O2. The third-order valence-corrected chi connectivity index (χ3v) is 2.60. The number of hydrogen-bond acceptors (Lipinski definition) is 4. The van der Waals surface area contributed by atoms with E-state index in [0.29, 0.717) is 12.4 Å². The number of nitrogens with two attached hydrogens (primary N) is 1. The number of halogens is 1. The van der Waals surface area contributed by atoms with Gasteiger partial charge in [-0.15, -0.1) is 0 Å². The van der Waals surface area contributed by atoms with Crippen molar-refractivity contribution in [3.05, 3.63) is 58.3 Å². The molecule has 0 fully saturated rings. The van der Waals surface area contributed by atoms with Crippen LogP contribution in [0, 0.1) is 5.82 Å². The number of hydrogen-bond donors (Lipinski definition) is 1. The van der Waals surface area contributed by atoms with E-state index in [4.69, 9.17) is 10.5 Å². The quantitative estimate of drug-likeness (QED) is 0.890. The first-order chi connectivity index (χ1) is 9.54. The molecule has 5 nitrogen and oxygen atoms in total. The Labute approximate surface area is 115 Å². The van der Waals surface area contributed by atoms with E-state index in [0.717, 1.165) is 5.56 Å². The minimum absolute atomic E-state index is 0.114. The van der Waals surface area contributed by atoms with Crippen molar-refractivity contribution in [1.82, 2.24) is 9.78 Å². The van der Waals surface area contributed by atoms with Gasteiger partial charge in [-0.2, -0.15) is 5.10 Å². The molecule has 0 aliphatic rings. The Hall–Kier alpha value is -2.21. The van der Waals surface area contributed by atoms with E-state index >= 15 is 0 Å². The van der Waals surface area contributed by atoms with Crippen molar-refractivity contribution >= 4 is 0 Å². The van der Waals surface area contributed by atoms with Gasteiger partial charge in [0.1, 0.15) is 18.2 Å². The molecule has 0 spiro atoms. The summed E-state index contributed by atoms with van der Waals surface area (Å²) in [4.78, 5) is 11.9. The zero-order chi connectivity index (χ0) is 14.5. The van der Waals surface area contributed by atoms with Crippen molar-refractivity contribution in [2.45, 2.75) is 19.5 Å². The van der Waals surface area contributed by atoms with Crippen molar-refractivity contribution < 1.29 is 9.13 Å². The van der Waals surface area contributed by atoms with Gasteiger partial charge in [-0.3, -0.25) is 4.79 Å². The fraction of sp³-hybridized carbons (Fsp3) is 0.286. The molecule has 1 atom stereocenters. The molecule has 2 aromatic rings. The lowest BCUT2D eigenvalue weighted by molar-refractivity contribution is 0.293. The molecule has 1 aromatic heterocycles. The molecule has 20 heavy (non-hydrogen) atoms. The molecule has 2 rings (SSSR count). The second kappa shape index (κ2) is 6.29. The topological polar surface area (TPSA) is 70.1 Å². The zero-order valence-corrected chi connectivity index (χ0v) is 11.1. The Balaban J connectivity index is 2.09. The van der Waals surface area contributed by atoms with Crippen LogP contribution in [-0.4, -0.2) is 22.4 Å². The number of benzene rings is 1. The Morgan fingerprint density at radius 3 is 2.70 bits per heavy atom. The van der Waals surface area contributed by atoms with Crippen LogP contribution in [0.25, 0.3) is 0 Å². The molecule has 0 bridgehead atoms. The zero-order valence-electron chi connectivity index (χ0n) is 11.1. The number of rotatable bonds is 5. The summed E-state index contributed by atoms with van der Waals surface area (Å²) in [5.41, 5.74) is 6.08. The number of nitrogens with zero attached hydrogens (tertiary/aromatic N) is 2. The van der Waals surface area contributed by atoms with Gasteiger partial charge in [0.15, 0.2) is 0 Å². The van der Waals surface area contributed by atoms with Crippen molar-refractivity contribution in [3.63, 3.8) is 0 Å². The molecule has 106 valence electrons. The van der Waals surface area contributed by atoms with Gasteiger partial charge in [-0.1, -0.05) is 12.1 Å². The van der Waals surface area contributed by atoms with E-state index in [9.17, 15) is 9.18 Å². The summed E-state index contributed by atoms with van der Waals surface area (Å²) >= 11 is 0. The smallest absolute Gasteiger partial charge is 0.270 e. The molecule has 1 unspecified atom stereocenters. The monoisotopic (exact) mass is 277 g/mol. The predicted molar refractivity (Wildman–Crippen MR) is 73.1 cm³/mol. The van der Waals surface area contributed by atoms with Gasteiger partial charge in [-0.25, -0.2) is 9.07 Å². The molecule has 1 aromatic carbocycles. The average Bonchev–Trinajstić information content (AvgIpc) is 2.41. The molecule has 0 aliphatic carbocycles. The molecule has 0 aliphatic heterocycles. The van der Waals surface area contributed by atoms with Gasteiger partial charge in [0.05, 0.1) is 12.7 Å². The maximum absolute atomic E-state index is 12.8. The first kappa shape index (κ1) is 14.2. The molecule has 6 heteroatoms. The van der Waals surface area contributed by atoms with E-state index in [1.165, 1.54) is 29.1 Å². The average molecular weight is 277 g/mol. The van der Waals surface area contributed by atoms with Crippen molar-refractivity contribution in [1.29, 1.82) is 0 Å². The lowest BCUT2D eigenvalue weighted by atomic mass is 10.2. The third-order valence-electron chi connectivity index (χ3n) is 2.60. The van der Waals surface area contributed by atoms with Crippen LogP contribution >= 0.6 is 0 Å². The van der Waals surface area contributed by atoms with Gasteiger partial charge in [0.2, 0.25) is 0 Å². The fourth-order valence-electron chi connectivity index (χ4n) is 1.61. The summed E-state index contributed by atoms with van der Waals surface area (Å²) < 4.78 is 19.4. The molecular weight excluding hydrogens is 261 g/mol. The maximum Gasteiger partial charge on any atom is 0.270 e.